The Morgan fingerprint density at radius 3 is 2.52 bits per heavy atom. The van der Waals surface area contributed by atoms with E-state index in [2.05, 4.69) is 36.5 Å². The highest BCUT2D eigenvalue weighted by molar-refractivity contribution is 5.83. The highest BCUT2D eigenvalue weighted by atomic mass is 16.2. The second-order valence-corrected chi connectivity index (χ2v) is 7.62. The van der Waals surface area contributed by atoms with Crippen LogP contribution in [0.15, 0.2) is 54.6 Å². The van der Waals surface area contributed by atoms with E-state index in [1.807, 2.05) is 40.1 Å². The first-order valence-corrected chi connectivity index (χ1v) is 10.5. The Morgan fingerprint density at radius 1 is 1.07 bits per heavy atom. The average molecular weight is 394 g/mol. The lowest BCUT2D eigenvalue weighted by molar-refractivity contribution is -0.134. The summed E-state index contributed by atoms with van der Waals surface area (Å²) in [5, 5.41) is 2.94. The van der Waals surface area contributed by atoms with E-state index in [1.54, 1.807) is 7.05 Å². The van der Waals surface area contributed by atoms with Gasteiger partial charge in [0.05, 0.1) is 12.5 Å². The lowest BCUT2D eigenvalue weighted by atomic mass is 9.91. The fraction of sp³-hybridized carbons (Fsp3) is 0.417. The summed E-state index contributed by atoms with van der Waals surface area (Å²) in [5.41, 5.74) is 3.45. The van der Waals surface area contributed by atoms with E-state index < -0.39 is 0 Å². The SMILES string of the molecule is CCCN1CCN(C(=O)CNC)CC(Cc2ccccc2-c2ccccc2)C1=O. The summed E-state index contributed by atoms with van der Waals surface area (Å²) in [6, 6.07) is 18.5. The third-order valence-electron chi connectivity index (χ3n) is 5.48. The molecule has 0 saturated carbocycles. The summed E-state index contributed by atoms with van der Waals surface area (Å²) < 4.78 is 0. The van der Waals surface area contributed by atoms with Gasteiger partial charge in [-0.15, -0.1) is 0 Å². The number of nitrogens with one attached hydrogen (secondary N) is 1. The molecule has 1 N–H and O–H groups in total. The van der Waals surface area contributed by atoms with Crippen LogP contribution in [-0.4, -0.2) is 61.4 Å². The summed E-state index contributed by atoms with van der Waals surface area (Å²) in [7, 11) is 1.78. The Morgan fingerprint density at radius 2 is 1.79 bits per heavy atom. The number of rotatable bonds is 7. The zero-order valence-corrected chi connectivity index (χ0v) is 17.4. The summed E-state index contributed by atoms with van der Waals surface area (Å²) in [6.07, 6.45) is 1.55. The predicted octanol–water partition coefficient (Wildman–Crippen LogP) is 2.81. The van der Waals surface area contributed by atoms with E-state index in [0.717, 1.165) is 29.7 Å². The fourth-order valence-corrected chi connectivity index (χ4v) is 4.04. The number of nitrogens with zero attached hydrogens (tertiary/aromatic N) is 2. The van der Waals surface area contributed by atoms with Crippen LogP contribution in [0.4, 0.5) is 0 Å². The Balaban J connectivity index is 1.88. The molecule has 2 aromatic rings. The molecule has 3 rings (SSSR count). The van der Waals surface area contributed by atoms with Crippen molar-refractivity contribution in [1.82, 2.24) is 15.1 Å². The van der Waals surface area contributed by atoms with Gasteiger partial charge in [-0.3, -0.25) is 9.59 Å². The minimum Gasteiger partial charge on any atom is -0.341 e. The van der Waals surface area contributed by atoms with Gasteiger partial charge in [0.1, 0.15) is 0 Å². The summed E-state index contributed by atoms with van der Waals surface area (Å²) in [5.74, 6) is -0.0100. The molecule has 1 fully saturated rings. The number of benzene rings is 2. The molecule has 1 aliphatic rings. The van der Waals surface area contributed by atoms with Crippen molar-refractivity contribution < 1.29 is 9.59 Å². The number of carbonyl (C=O) groups is 2. The molecule has 0 aliphatic carbocycles. The molecule has 1 atom stereocenters. The number of hydrogen-bond acceptors (Lipinski definition) is 3. The van der Waals surface area contributed by atoms with Gasteiger partial charge in [-0.25, -0.2) is 0 Å². The van der Waals surface area contributed by atoms with E-state index in [-0.39, 0.29) is 17.7 Å². The van der Waals surface area contributed by atoms with Crippen molar-refractivity contribution in [1.29, 1.82) is 0 Å². The standard InChI is InChI=1S/C24H31N3O2/c1-3-13-26-14-15-27(23(28)17-25-2)18-21(24(26)29)16-20-11-7-8-12-22(20)19-9-5-4-6-10-19/h4-12,21,25H,3,13-18H2,1-2H3. The molecule has 0 bridgehead atoms. The third-order valence-corrected chi connectivity index (χ3v) is 5.48. The van der Waals surface area contributed by atoms with Crippen LogP contribution >= 0.6 is 0 Å². The Bertz CT molecular complexity index is 822. The number of likely N-dealkylation sites (N-methyl/N-ethyl adjacent to an activating group) is 1. The monoisotopic (exact) mass is 393 g/mol. The minimum atomic E-state index is -0.227. The van der Waals surface area contributed by atoms with Crippen LogP contribution in [0.2, 0.25) is 0 Å². The zero-order chi connectivity index (χ0) is 20.6. The quantitative estimate of drug-likeness (QED) is 0.787. The van der Waals surface area contributed by atoms with Crippen molar-refractivity contribution in [3.8, 4) is 11.1 Å². The van der Waals surface area contributed by atoms with Gasteiger partial charge in [-0.05, 0) is 36.6 Å². The van der Waals surface area contributed by atoms with Gasteiger partial charge < -0.3 is 15.1 Å². The van der Waals surface area contributed by atoms with Crippen molar-refractivity contribution in [2.24, 2.45) is 5.92 Å². The lowest BCUT2D eigenvalue weighted by Crippen LogP contribution is -2.41. The maximum atomic E-state index is 13.3. The summed E-state index contributed by atoms with van der Waals surface area (Å²) in [4.78, 5) is 29.6. The molecule has 2 aromatic carbocycles. The number of hydrogen-bond donors (Lipinski definition) is 1. The van der Waals surface area contributed by atoms with Crippen LogP contribution in [0, 0.1) is 5.92 Å². The molecule has 1 heterocycles. The molecular weight excluding hydrogens is 362 g/mol. The molecule has 2 amide bonds. The first kappa shape index (κ1) is 21.1. The summed E-state index contributed by atoms with van der Waals surface area (Å²) in [6.45, 7) is 4.81. The van der Waals surface area contributed by atoms with E-state index in [9.17, 15) is 9.59 Å². The van der Waals surface area contributed by atoms with E-state index in [4.69, 9.17) is 0 Å². The van der Waals surface area contributed by atoms with Crippen molar-refractivity contribution in [3.05, 3.63) is 60.2 Å². The normalized spacial score (nSPS) is 17.3. The molecule has 154 valence electrons. The van der Waals surface area contributed by atoms with Gasteiger partial charge in [0.25, 0.3) is 0 Å². The van der Waals surface area contributed by atoms with E-state index in [0.29, 0.717) is 32.6 Å². The fourth-order valence-electron chi connectivity index (χ4n) is 4.04. The molecule has 0 aromatic heterocycles. The number of amides is 2. The third kappa shape index (κ3) is 5.24. The van der Waals surface area contributed by atoms with Gasteiger partial charge in [-0.1, -0.05) is 61.5 Å². The molecule has 0 spiro atoms. The lowest BCUT2D eigenvalue weighted by Gasteiger charge is -2.24. The van der Waals surface area contributed by atoms with Crippen molar-refractivity contribution in [2.45, 2.75) is 19.8 Å². The second kappa shape index (κ2) is 10.2. The maximum Gasteiger partial charge on any atom is 0.236 e. The van der Waals surface area contributed by atoms with Gasteiger partial charge >= 0.3 is 0 Å². The van der Waals surface area contributed by atoms with Crippen LogP contribution < -0.4 is 5.32 Å². The van der Waals surface area contributed by atoms with Gasteiger partial charge in [0.2, 0.25) is 11.8 Å². The maximum absolute atomic E-state index is 13.3. The Hall–Kier alpha value is -2.66. The molecule has 5 nitrogen and oxygen atoms in total. The zero-order valence-electron chi connectivity index (χ0n) is 17.4. The van der Waals surface area contributed by atoms with Gasteiger partial charge in [0.15, 0.2) is 0 Å². The van der Waals surface area contributed by atoms with Gasteiger partial charge in [-0.2, -0.15) is 0 Å². The van der Waals surface area contributed by atoms with Crippen LogP contribution in [0.5, 0.6) is 0 Å². The van der Waals surface area contributed by atoms with E-state index >= 15 is 0 Å². The average Bonchev–Trinajstić information content (AvgIpc) is 2.89. The predicted molar refractivity (Wildman–Crippen MR) is 116 cm³/mol. The van der Waals surface area contributed by atoms with Crippen LogP contribution in [0.3, 0.4) is 0 Å². The minimum absolute atomic E-state index is 0.0555. The smallest absolute Gasteiger partial charge is 0.236 e. The highest BCUT2D eigenvalue weighted by Crippen LogP contribution is 2.27. The molecule has 1 aliphatic heterocycles. The topological polar surface area (TPSA) is 52.6 Å². The second-order valence-electron chi connectivity index (χ2n) is 7.62. The Kier molecular flexibility index (Phi) is 7.42. The molecule has 1 unspecified atom stereocenters. The van der Waals surface area contributed by atoms with Crippen LogP contribution in [-0.2, 0) is 16.0 Å². The molecule has 1 saturated heterocycles. The van der Waals surface area contributed by atoms with E-state index in [1.165, 1.54) is 0 Å². The summed E-state index contributed by atoms with van der Waals surface area (Å²) >= 11 is 0. The van der Waals surface area contributed by atoms with Gasteiger partial charge in [0, 0.05) is 26.2 Å². The molecule has 0 radical (unpaired) electrons. The highest BCUT2D eigenvalue weighted by Gasteiger charge is 2.32. The molecule has 5 heteroatoms. The first-order valence-electron chi connectivity index (χ1n) is 10.5. The van der Waals surface area contributed by atoms with Crippen molar-refractivity contribution >= 4 is 11.8 Å². The largest absolute Gasteiger partial charge is 0.341 e. The van der Waals surface area contributed by atoms with Crippen molar-refractivity contribution in [2.75, 3.05) is 39.8 Å². The molecule has 29 heavy (non-hydrogen) atoms. The number of carbonyl (C=O) groups excluding carboxylic acids is 2. The van der Waals surface area contributed by atoms with Crippen molar-refractivity contribution in [3.63, 3.8) is 0 Å². The Labute approximate surface area is 173 Å². The first-order chi connectivity index (χ1) is 14.1. The molecular formula is C24H31N3O2. The van der Waals surface area contributed by atoms with Crippen LogP contribution in [0.25, 0.3) is 11.1 Å². The van der Waals surface area contributed by atoms with Crippen LogP contribution in [0.1, 0.15) is 18.9 Å².